The zero-order chi connectivity index (χ0) is 10.9. The second-order valence-corrected chi connectivity index (χ2v) is 5.45. The van der Waals surface area contributed by atoms with Gasteiger partial charge in [-0.15, -0.1) is 0 Å². The molecule has 0 bridgehead atoms. The van der Waals surface area contributed by atoms with Crippen molar-refractivity contribution in [3.63, 3.8) is 0 Å². The van der Waals surface area contributed by atoms with Gasteiger partial charge in [0.25, 0.3) is 0 Å². The van der Waals surface area contributed by atoms with Gasteiger partial charge >= 0.3 is 0 Å². The number of hydrogen-bond donors (Lipinski definition) is 2. The molecule has 0 unspecified atom stereocenters. The Kier molecular flexibility index (Phi) is 3.01. The standard InChI is InChI=1S/C12H22N2O/c1-9(2)13-7-11(15)14-8-12(5-6-12)10-3-4-10/h9-10,13H,3-8H2,1-2H3,(H,14,15). The first kappa shape index (κ1) is 10.9. The Balaban J connectivity index is 1.63. The SMILES string of the molecule is CC(C)NCC(=O)NCC1(C2CC2)CC1. The number of nitrogens with one attached hydrogen (secondary N) is 2. The van der Waals surface area contributed by atoms with Gasteiger partial charge in [-0.3, -0.25) is 4.79 Å². The zero-order valence-corrected chi connectivity index (χ0v) is 9.81. The summed E-state index contributed by atoms with van der Waals surface area (Å²) in [4.78, 5) is 11.5. The Morgan fingerprint density at radius 1 is 1.40 bits per heavy atom. The smallest absolute Gasteiger partial charge is 0.233 e. The summed E-state index contributed by atoms with van der Waals surface area (Å²) < 4.78 is 0. The van der Waals surface area contributed by atoms with Crippen molar-refractivity contribution >= 4 is 5.91 Å². The number of rotatable bonds is 6. The van der Waals surface area contributed by atoms with E-state index in [1.165, 1.54) is 25.7 Å². The highest BCUT2D eigenvalue weighted by molar-refractivity contribution is 5.78. The molecule has 0 spiro atoms. The van der Waals surface area contributed by atoms with Gasteiger partial charge in [0, 0.05) is 12.6 Å². The third-order valence-electron chi connectivity index (χ3n) is 3.64. The summed E-state index contributed by atoms with van der Waals surface area (Å²) in [5, 5.41) is 6.20. The molecule has 0 radical (unpaired) electrons. The highest BCUT2D eigenvalue weighted by Gasteiger charge is 2.53. The van der Waals surface area contributed by atoms with E-state index in [4.69, 9.17) is 0 Å². The topological polar surface area (TPSA) is 41.1 Å². The summed E-state index contributed by atoms with van der Waals surface area (Å²) in [5.74, 6) is 1.08. The molecule has 0 saturated heterocycles. The molecule has 0 heterocycles. The van der Waals surface area contributed by atoms with Gasteiger partial charge in [0.1, 0.15) is 0 Å². The van der Waals surface area contributed by atoms with Crippen molar-refractivity contribution in [2.45, 2.75) is 45.6 Å². The molecule has 0 atom stereocenters. The predicted octanol–water partition coefficient (Wildman–Crippen LogP) is 1.29. The lowest BCUT2D eigenvalue weighted by Gasteiger charge is -2.15. The molecule has 2 aliphatic carbocycles. The lowest BCUT2D eigenvalue weighted by Crippen LogP contribution is -2.39. The van der Waals surface area contributed by atoms with Crippen LogP contribution in [-0.2, 0) is 4.79 Å². The maximum Gasteiger partial charge on any atom is 0.233 e. The summed E-state index contributed by atoms with van der Waals surface area (Å²) in [6.07, 6.45) is 5.44. The summed E-state index contributed by atoms with van der Waals surface area (Å²) in [6.45, 7) is 5.48. The minimum Gasteiger partial charge on any atom is -0.354 e. The number of carbonyl (C=O) groups is 1. The summed E-state index contributed by atoms with van der Waals surface area (Å²) in [7, 11) is 0. The van der Waals surface area contributed by atoms with Crippen LogP contribution in [-0.4, -0.2) is 25.0 Å². The van der Waals surface area contributed by atoms with Crippen LogP contribution in [0.4, 0.5) is 0 Å². The molecule has 1 amide bonds. The van der Waals surface area contributed by atoms with E-state index in [9.17, 15) is 4.79 Å². The van der Waals surface area contributed by atoms with E-state index in [0.29, 0.717) is 18.0 Å². The lowest BCUT2D eigenvalue weighted by molar-refractivity contribution is -0.120. The first-order chi connectivity index (χ1) is 7.12. The van der Waals surface area contributed by atoms with Crippen LogP contribution in [0.25, 0.3) is 0 Å². The van der Waals surface area contributed by atoms with Crippen LogP contribution in [0.1, 0.15) is 39.5 Å². The molecule has 0 aromatic carbocycles. The zero-order valence-electron chi connectivity index (χ0n) is 9.81. The Bertz CT molecular complexity index is 242. The summed E-state index contributed by atoms with van der Waals surface area (Å²) in [6, 6.07) is 0.383. The Hall–Kier alpha value is -0.570. The molecule has 2 aliphatic rings. The van der Waals surface area contributed by atoms with Crippen molar-refractivity contribution in [1.82, 2.24) is 10.6 Å². The third kappa shape index (κ3) is 2.94. The van der Waals surface area contributed by atoms with E-state index in [-0.39, 0.29) is 5.91 Å². The molecular weight excluding hydrogens is 188 g/mol. The molecule has 2 rings (SSSR count). The fourth-order valence-corrected chi connectivity index (χ4v) is 2.22. The van der Waals surface area contributed by atoms with Crippen LogP contribution in [0.15, 0.2) is 0 Å². The van der Waals surface area contributed by atoms with Gasteiger partial charge < -0.3 is 10.6 Å². The molecule has 3 heteroatoms. The van der Waals surface area contributed by atoms with Crippen LogP contribution in [0, 0.1) is 11.3 Å². The summed E-state index contributed by atoms with van der Waals surface area (Å²) >= 11 is 0. The normalized spacial score (nSPS) is 22.9. The number of amides is 1. The van der Waals surface area contributed by atoms with Crippen LogP contribution in [0.3, 0.4) is 0 Å². The maximum atomic E-state index is 11.5. The van der Waals surface area contributed by atoms with Gasteiger partial charge in [0.2, 0.25) is 5.91 Å². The van der Waals surface area contributed by atoms with Crippen molar-refractivity contribution in [2.24, 2.45) is 11.3 Å². The molecule has 2 saturated carbocycles. The van der Waals surface area contributed by atoms with Gasteiger partial charge in [0.05, 0.1) is 6.54 Å². The minimum absolute atomic E-state index is 0.149. The molecule has 3 nitrogen and oxygen atoms in total. The monoisotopic (exact) mass is 210 g/mol. The van der Waals surface area contributed by atoms with Crippen molar-refractivity contribution in [3.05, 3.63) is 0 Å². The van der Waals surface area contributed by atoms with Gasteiger partial charge in [0.15, 0.2) is 0 Å². The van der Waals surface area contributed by atoms with E-state index >= 15 is 0 Å². The molecule has 2 N–H and O–H groups in total. The molecule has 15 heavy (non-hydrogen) atoms. The van der Waals surface area contributed by atoms with Crippen LogP contribution in [0.2, 0.25) is 0 Å². The number of carbonyl (C=O) groups excluding carboxylic acids is 1. The Morgan fingerprint density at radius 3 is 2.53 bits per heavy atom. The Morgan fingerprint density at radius 2 is 2.07 bits per heavy atom. The lowest BCUT2D eigenvalue weighted by atomic mass is 10.0. The first-order valence-corrected chi connectivity index (χ1v) is 6.12. The van der Waals surface area contributed by atoms with Crippen LogP contribution < -0.4 is 10.6 Å². The molecule has 0 aromatic rings. The van der Waals surface area contributed by atoms with Crippen molar-refractivity contribution in [3.8, 4) is 0 Å². The van der Waals surface area contributed by atoms with Gasteiger partial charge in [-0.2, -0.15) is 0 Å². The fourth-order valence-electron chi connectivity index (χ4n) is 2.22. The van der Waals surface area contributed by atoms with E-state index < -0.39 is 0 Å². The average molecular weight is 210 g/mol. The van der Waals surface area contributed by atoms with Gasteiger partial charge in [-0.25, -0.2) is 0 Å². The van der Waals surface area contributed by atoms with E-state index in [1.807, 2.05) is 0 Å². The Labute approximate surface area is 92.0 Å². The van der Waals surface area contributed by atoms with Gasteiger partial charge in [-0.1, -0.05) is 13.8 Å². The molecule has 2 fully saturated rings. The highest BCUT2D eigenvalue weighted by atomic mass is 16.1. The minimum atomic E-state index is 0.149. The van der Waals surface area contributed by atoms with Crippen molar-refractivity contribution in [2.75, 3.05) is 13.1 Å². The molecule has 86 valence electrons. The highest BCUT2D eigenvalue weighted by Crippen LogP contribution is 2.60. The molecule has 0 aromatic heterocycles. The van der Waals surface area contributed by atoms with Gasteiger partial charge in [-0.05, 0) is 37.0 Å². The first-order valence-electron chi connectivity index (χ1n) is 6.12. The fraction of sp³-hybridized carbons (Fsp3) is 0.917. The van der Waals surface area contributed by atoms with Crippen molar-refractivity contribution in [1.29, 1.82) is 0 Å². The van der Waals surface area contributed by atoms with E-state index in [2.05, 4.69) is 24.5 Å². The quantitative estimate of drug-likeness (QED) is 0.693. The van der Waals surface area contributed by atoms with Crippen LogP contribution in [0.5, 0.6) is 0 Å². The largest absolute Gasteiger partial charge is 0.354 e. The third-order valence-corrected chi connectivity index (χ3v) is 3.64. The molecular formula is C12H22N2O. The number of hydrogen-bond acceptors (Lipinski definition) is 2. The predicted molar refractivity (Wildman–Crippen MR) is 60.5 cm³/mol. The average Bonchev–Trinajstić information content (AvgIpc) is 3.01. The second kappa shape index (κ2) is 4.12. The maximum absolute atomic E-state index is 11.5. The second-order valence-electron chi connectivity index (χ2n) is 5.45. The van der Waals surface area contributed by atoms with Crippen molar-refractivity contribution < 1.29 is 4.79 Å². The molecule has 0 aliphatic heterocycles. The van der Waals surface area contributed by atoms with E-state index in [0.717, 1.165) is 12.5 Å². The summed E-state index contributed by atoms with van der Waals surface area (Å²) in [5.41, 5.74) is 0.521. The van der Waals surface area contributed by atoms with E-state index in [1.54, 1.807) is 0 Å². The van der Waals surface area contributed by atoms with Crippen LogP contribution >= 0.6 is 0 Å².